The highest BCUT2D eigenvalue weighted by molar-refractivity contribution is 6.75. The summed E-state index contributed by atoms with van der Waals surface area (Å²) in [7, 11) is -2.90. The summed E-state index contributed by atoms with van der Waals surface area (Å²) < 4.78 is 18.7. The lowest BCUT2D eigenvalue weighted by atomic mass is 10.4. The van der Waals surface area contributed by atoms with Crippen LogP contribution in [0.15, 0.2) is 24.3 Å². The van der Waals surface area contributed by atoms with E-state index in [1.165, 1.54) is 0 Å². The molecule has 0 fully saturated rings. The van der Waals surface area contributed by atoms with Crippen molar-refractivity contribution in [2.24, 2.45) is 0 Å². The van der Waals surface area contributed by atoms with Gasteiger partial charge in [-0.1, -0.05) is 63.8 Å². The number of unbranched alkanes of at least 4 members (excludes halogenated alkanes) is 3. The van der Waals surface area contributed by atoms with E-state index in [1.54, 1.807) is 0 Å². The van der Waals surface area contributed by atoms with E-state index in [1.807, 2.05) is 24.3 Å². The first kappa shape index (κ1) is 20.7. The Labute approximate surface area is 147 Å². The predicted octanol–water partition coefficient (Wildman–Crippen LogP) is 4.94. The molecule has 1 rings (SSSR count). The van der Waals surface area contributed by atoms with Crippen LogP contribution in [0, 0.1) is 0 Å². The van der Waals surface area contributed by atoms with Crippen molar-refractivity contribution in [1.82, 2.24) is 0 Å². The molecule has 0 atom stereocenters. The smallest absolute Gasteiger partial charge is 0.370 e. The lowest BCUT2D eigenvalue weighted by Gasteiger charge is -2.30. The van der Waals surface area contributed by atoms with Gasteiger partial charge >= 0.3 is 8.80 Å². The number of rotatable bonds is 13. The second kappa shape index (κ2) is 12.0. The summed E-state index contributed by atoms with van der Waals surface area (Å²) in [6, 6.07) is 7.75. The Morgan fingerprint density at radius 1 is 0.826 bits per heavy atom. The molecule has 0 unspecified atom stereocenters. The van der Waals surface area contributed by atoms with Gasteiger partial charge < -0.3 is 13.3 Å². The standard InChI is InChI=1S/C18H31ClO3Si/c1-4-7-13-20-23(21-14-8-5-2,22-15-9-6-3)18-12-10-11-17(19)16-18/h10-12,16H,4-9,13-15H2,1-3H3. The van der Waals surface area contributed by atoms with Crippen LogP contribution in [0.4, 0.5) is 0 Å². The zero-order valence-corrected chi connectivity index (χ0v) is 16.5. The third-order valence-corrected chi connectivity index (χ3v) is 6.55. The SMILES string of the molecule is CCCCO[Si](OCCCC)(OCCCC)c1cccc(Cl)c1. The highest BCUT2D eigenvalue weighted by atomic mass is 35.5. The summed E-state index contributed by atoms with van der Waals surface area (Å²) >= 11 is 6.19. The van der Waals surface area contributed by atoms with Gasteiger partial charge in [-0.3, -0.25) is 0 Å². The van der Waals surface area contributed by atoms with Crippen LogP contribution in [0.5, 0.6) is 0 Å². The number of hydrogen-bond acceptors (Lipinski definition) is 3. The van der Waals surface area contributed by atoms with Gasteiger partial charge in [0, 0.05) is 30.0 Å². The molecule has 0 aromatic heterocycles. The van der Waals surface area contributed by atoms with E-state index >= 15 is 0 Å². The van der Waals surface area contributed by atoms with Crippen LogP contribution in [0.3, 0.4) is 0 Å². The van der Waals surface area contributed by atoms with E-state index < -0.39 is 8.80 Å². The molecule has 23 heavy (non-hydrogen) atoms. The molecule has 3 nitrogen and oxygen atoms in total. The fraction of sp³-hybridized carbons (Fsp3) is 0.667. The monoisotopic (exact) mass is 358 g/mol. The molecular weight excluding hydrogens is 328 g/mol. The van der Waals surface area contributed by atoms with Crippen molar-refractivity contribution < 1.29 is 13.3 Å². The van der Waals surface area contributed by atoms with E-state index in [2.05, 4.69) is 20.8 Å². The molecule has 132 valence electrons. The molecule has 0 bridgehead atoms. The minimum atomic E-state index is -2.90. The summed E-state index contributed by atoms with van der Waals surface area (Å²) in [6.07, 6.45) is 6.27. The third-order valence-electron chi connectivity index (χ3n) is 3.55. The maximum Gasteiger partial charge on any atom is 0.537 e. The summed E-state index contributed by atoms with van der Waals surface area (Å²) in [5.41, 5.74) is 0. The van der Waals surface area contributed by atoms with Crippen LogP contribution in [-0.2, 0) is 13.3 Å². The molecule has 0 aliphatic carbocycles. The molecule has 0 aliphatic rings. The Hall–Kier alpha value is -0.393. The van der Waals surface area contributed by atoms with Crippen molar-refractivity contribution in [3.8, 4) is 0 Å². The van der Waals surface area contributed by atoms with E-state index in [0.29, 0.717) is 24.8 Å². The van der Waals surface area contributed by atoms with Crippen LogP contribution >= 0.6 is 11.6 Å². The zero-order valence-electron chi connectivity index (χ0n) is 14.8. The molecule has 0 spiro atoms. The number of halogens is 1. The minimum absolute atomic E-state index is 0.660. The molecule has 0 N–H and O–H groups in total. The van der Waals surface area contributed by atoms with Crippen molar-refractivity contribution >= 4 is 25.6 Å². The first-order valence-corrected chi connectivity index (χ1v) is 11.0. The number of benzene rings is 1. The molecule has 0 radical (unpaired) electrons. The fourth-order valence-corrected chi connectivity index (χ4v) is 5.01. The van der Waals surface area contributed by atoms with Gasteiger partial charge in [-0.05, 0) is 31.4 Å². The summed E-state index contributed by atoms with van der Waals surface area (Å²) in [4.78, 5) is 0. The Kier molecular flexibility index (Phi) is 10.8. The Balaban J connectivity index is 2.98. The molecule has 0 aliphatic heterocycles. The van der Waals surface area contributed by atoms with Crippen molar-refractivity contribution in [3.05, 3.63) is 29.3 Å². The van der Waals surface area contributed by atoms with E-state index in [-0.39, 0.29) is 0 Å². The molecule has 0 saturated heterocycles. The van der Waals surface area contributed by atoms with Gasteiger partial charge in [0.2, 0.25) is 0 Å². The van der Waals surface area contributed by atoms with Gasteiger partial charge in [0.15, 0.2) is 0 Å². The second-order valence-corrected chi connectivity index (χ2v) is 8.66. The first-order valence-electron chi connectivity index (χ1n) is 8.86. The topological polar surface area (TPSA) is 27.7 Å². The zero-order chi connectivity index (χ0) is 17.0. The highest BCUT2D eigenvalue weighted by Crippen LogP contribution is 2.16. The van der Waals surface area contributed by atoms with Crippen LogP contribution < -0.4 is 5.19 Å². The predicted molar refractivity (Wildman–Crippen MR) is 99.4 cm³/mol. The average molecular weight is 359 g/mol. The molecule has 0 saturated carbocycles. The average Bonchev–Trinajstić information content (AvgIpc) is 2.55. The summed E-state index contributed by atoms with van der Waals surface area (Å²) in [5.74, 6) is 0. The maximum atomic E-state index is 6.24. The second-order valence-electron chi connectivity index (χ2n) is 5.67. The van der Waals surface area contributed by atoms with E-state index in [9.17, 15) is 0 Å². The third kappa shape index (κ3) is 7.35. The quantitative estimate of drug-likeness (QED) is 0.369. The van der Waals surface area contributed by atoms with Crippen LogP contribution in [-0.4, -0.2) is 28.6 Å². The van der Waals surface area contributed by atoms with Gasteiger partial charge in [0.05, 0.1) is 0 Å². The van der Waals surface area contributed by atoms with Crippen molar-refractivity contribution in [3.63, 3.8) is 0 Å². The molecule has 1 aromatic carbocycles. The van der Waals surface area contributed by atoms with Crippen molar-refractivity contribution in [1.29, 1.82) is 0 Å². The van der Waals surface area contributed by atoms with Gasteiger partial charge in [-0.15, -0.1) is 0 Å². The normalized spacial score (nSPS) is 11.8. The molecule has 0 heterocycles. The van der Waals surface area contributed by atoms with E-state index in [4.69, 9.17) is 24.9 Å². The lowest BCUT2D eigenvalue weighted by Crippen LogP contribution is -2.57. The Morgan fingerprint density at radius 3 is 1.70 bits per heavy atom. The van der Waals surface area contributed by atoms with Gasteiger partial charge in [0.25, 0.3) is 0 Å². The Bertz CT molecular complexity index is 402. The molecule has 5 heteroatoms. The van der Waals surface area contributed by atoms with Crippen LogP contribution in [0.25, 0.3) is 0 Å². The minimum Gasteiger partial charge on any atom is -0.370 e. The van der Waals surface area contributed by atoms with Crippen molar-refractivity contribution in [2.45, 2.75) is 59.3 Å². The summed E-state index contributed by atoms with van der Waals surface area (Å²) in [5, 5.41) is 1.66. The fourth-order valence-electron chi connectivity index (χ4n) is 2.11. The first-order chi connectivity index (χ1) is 11.2. The van der Waals surface area contributed by atoms with Gasteiger partial charge in [0.1, 0.15) is 0 Å². The van der Waals surface area contributed by atoms with Crippen molar-refractivity contribution in [2.75, 3.05) is 19.8 Å². The Morgan fingerprint density at radius 2 is 1.30 bits per heavy atom. The highest BCUT2D eigenvalue weighted by Gasteiger charge is 2.44. The lowest BCUT2D eigenvalue weighted by molar-refractivity contribution is 0.0700. The van der Waals surface area contributed by atoms with Crippen LogP contribution in [0.1, 0.15) is 59.3 Å². The van der Waals surface area contributed by atoms with Gasteiger partial charge in [-0.2, -0.15) is 0 Å². The largest absolute Gasteiger partial charge is 0.537 e. The molecule has 0 amide bonds. The van der Waals surface area contributed by atoms with Crippen LogP contribution in [0.2, 0.25) is 5.02 Å². The number of hydrogen-bond donors (Lipinski definition) is 0. The molecular formula is C18H31ClO3Si. The summed E-state index contributed by atoms with van der Waals surface area (Å²) in [6.45, 7) is 8.44. The van der Waals surface area contributed by atoms with Gasteiger partial charge in [-0.25, -0.2) is 0 Å². The maximum absolute atomic E-state index is 6.24. The molecule has 1 aromatic rings. The van der Waals surface area contributed by atoms with E-state index in [0.717, 1.165) is 43.7 Å².